The summed E-state index contributed by atoms with van der Waals surface area (Å²) in [6, 6.07) is 7.86. The van der Waals surface area contributed by atoms with Crippen molar-refractivity contribution in [1.82, 2.24) is 15.3 Å². The largest absolute Gasteiger partial charge is 0.437 e. The van der Waals surface area contributed by atoms with Crippen LogP contribution in [0.1, 0.15) is 37.2 Å². The van der Waals surface area contributed by atoms with Gasteiger partial charge in [-0.25, -0.2) is 4.98 Å². The first-order valence-corrected chi connectivity index (χ1v) is 7.53. The van der Waals surface area contributed by atoms with Gasteiger partial charge in [0.25, 0.3) is 0 Å². The fourth-order valence-electron chi connectivity index (χ4n) is 2.04. The van der Waals surface area contributed by atoms with Crippen molar-refractivity contribution in [3.63, 3.8) is 0 Å². The monoisotopic (exact) mass is 285 g/mol. The molecule has 2 rings (SSSR count). The molecular weight excluding hydrogens is 262 g/mol. The molecule has 0 bridgehead atoms. The fourth-order valence-corrected chi connectivity index (χ4v) is 2.04. The van der Waals surface area contributed by atoms with E-state index in [1.54, 1.807) is 0 Å². The summed E-state index contributed by atoms with van der Waals surface area (Å²) in [6.45, 7) is 8.08. The molecule has 2 aromatic heterocycles. The number of ether oxygens (including phenoxy) is 1. The van der Waals surface area contributed by atoms with Crippen molar-refractivity contribution in [2.45, 2.75) is 40.2 Å². The van der Waals surface area contributed by atoms with Crippen molar-refractivity contribution < 1.29 is 4.74 Å². The second-order valence-electron chi connectivity index (χ2n) is 5.03. The van der Waals surface area contributed by atoms with Gasteiger partial charge in [-0.1, -0.05) is 19.9 Å². The molecule has 0 aliphatic rings. The van der Waals surface area contributed by atoms with E-state index in [-0.39, 0.29) is 0 Å². The van der Waals surface area contributed by atoms with Gasteiger partial charge in [0.15, 0.2) is 5.75 Å². The Balaban J connectivity index is 2.03. The number of nitrogens with one attached hydrogen (secondary N) is 1. The van der Waals surface area contributed by atoms with Crippen molar-refractivity contribution in [3.8, 4) is 11.6 Å². The highest BCUT2D eigenvalue weighted by Crippen LogP contribution is 2.23. The molecule has 2 aromatic rings. The van der Waals surface area contributed by atoms with Crippen LogP contribution in [0.4, 0.5) is 0 Å². The van der Waals surface area contributed by atoms with Crippen molar-refractivity contribution >= 4 is 0 Å². The summed E-state index contributed by atoms with van der Waals surface area (Å²) < 4.78 is 5.84. The maximum atomic E-state index is 5.84. The zero-order chi connectivity index (χ0) is 15.1. The van der Waals surface area contributed by atoms with Gasteiger partial charge in [-0.05, 0) is 44.0 Å². The highest BCUT2D eigenvalue weighted by atomic mass is 16.5. The molecule has 0 atom stereocenters. The average molecular weight is 285 g/mol. The van der Waals surface area contributed by atoms with Gasteiger partial charge in [-0.15, -0.1) is 0 Å². The minimum absolute atomic E-state index is 0.606. The minimum atomic E-state index is 0.606. The van der Waals surface area contributed by atoms with Gasteiger partial charge in [0.05, 0.1) is 5.69 Å². The molecule has 0 aliphatic heterocycles. The predicted molar refractivity (Wildman–Crippen MR) is 84.7 cm³/mol. The van der Waals surface area contributed by atoms with Crippen LogP contribution in [0.3, 0.4) is 0 Å². The topological polar surface area (TPSA) is 47.0 Å². The van der Waals surface area contributed by atoms with Crippen LogP contribution < -0.4 is 10.1 Å². The molecule has 0 fully saturated rings. The van der Waals surface area contributed by atoms with Crippen LogP contribution in [0.5, 0.6) is 11.6 Å². The Morgan fingerprint density at radius 3 is 2.67 bits per heavy atom. The molecule has 0 unspecified atom stereocenters. The molecule has 2 heterocycles. The molecule has 0 aromatic carbocycles. The van der Waals surface area contributed by atoms with E-state index in [1.165, 1.54) is 0 Å². The van der Waals surface area contributed by atoms with Crippen molar-refractivity contribution in [3.05, 3.63) is 47.4 Å². The summed E-state index contributed by atoms with van der Waals surface area (Å²) in [6.07, 6.45) is 3.83. The molecule has 0 saturated heterocycles. The van der Waals surface area contributed by atoms with Crippen molar-refractivity contribution in [1.29, 1.82) is 0 Å². The smallest absolute Gasteiger partial charge is 0.219 e. The maximum absolute atomic E-state index is 5.84. The number of hydrogen-bond acceptors (Lipinski definition) is 4. The van der Waals surface area contributed by atoms with Gasteiger partial charge >= 0.3 is 0 Å². The third kappa shape index (κ3) is 4.53. The summed E-state index contributed by atoms with van der Waals surface area (Å²) in [5.41, 5.74) is 3.13. The van der Waals surface area contributed by atoms with Gasteiger partial charge in [0, 0.05) is 24.5 Å². The van der Waals surface area contributed by atoms with Crippen LogP contribution in [0, 0.1) is 6.92 Å². The summed E-state index contributed by atoms with van der Waals surface area (Å²) in [5.74, 6) is 1.39. The molecule has 0 amide bonds. The molecule has 0 aliphatic carbocycles. The van der Waals surface area contributed by atoms with Crippen LogP contribution in [-0.2, 0) is 13.0 Å². The Morgan fingerprint density at radius 1 is 1.14 bits per heavy atom. The number of rotatable bonds is 7. The van der Waals surface area contributed by atoms with Gasteiger partial charge in [0.2, 0.25) is 5.88 Å². The number of hydrogen-bond donors (Lipinski definition) is 1. The Hall–Kier alpha value is -1.94. The standard InChI is InChI=1S/C17H23N3O/c1-4-10-18-11-14-7-9-17(19-12-14)21-16-8-6-13(3)20-15(16)5-2/h6-9,12,18H,4-5,10-11H2,1-3H3. The van der Waals surface area contributed by atoms with E-state index < -0.39 is 0 Å². The quantitative estimate of drug-likeness (QED) is 0.789. The third-order valence-corrected chi connectivity index (χ3v) is 3.17. The highest BCUT2D eigenvalue weighted by Gasteiger charge is 2.06. The first-order valence-electron chi connectivity index (χ1n) is 7.53. The van der Waals surface area contributed by atoms with Gasteiger partial charge < -0.3 is 10.1 Å². The Bertz CT molecular complexity index is 567. The number of pyridine rings is 2. The van der Waals surface area contributed by atoms with Gasteiger partial charge in [-0.2, -0.15) is 0 Å². The molecule has 0 spiro atoms. The van der Waals surface area contributed by atoms with Crippen LogP contribution in [0.2, 0.25) is 0 Å². The molecule has 0 saturated carbocycles. The SMILES string of the molecule is CCCNCc1ccc(Oc2ccc(C)nc2CC)nc1. The summed E-state index contributed by atoms with van der Waals surface area (Å²) in [4.78, 5) is 8.85. The second-order valence-corrected chi connectivity index (χ2v) is 5.03. The Morgan fingerprint density at radius 2 is 2.00 bits per heavy atom. The third-order valence-electron chi connectivity index (χ3n) is 3.17. The Kier molecular flexibility index (Phi) is 5.69. The van der Waals surface area contributed by atoms with Gasteiger partial charge in [-0.3, -0.25) is 4.98 Å². The van der Waals surface area contributed by atoms with Crippen molar-refractivity contribution in [2.24, 2.45) is 0 Å². The van der Waals surface area contributed by atoms with Crippen LogP contribution in [0.15, 0.2) is 30.5 Å². The van der Waals surface area contributed by atoms with Crippen LogP contribution >= 0.6 is 0 Å². The summed E-state index contributed by atoms with van der Waals surface area (Å²) in [7, 11) is 0. The van der Waals surface area contributed by atoms with Gasteiger partial charge in [0.1, 0.15) is 0 Å². The lowest BCUT2D eigenvalue weighted by atomic mass is 10.2. The molecule has 112 valence electrons. The van der Waals surface area contributed by atoms with E-state index in [9.17, 15) is 0 Å². The lowest BCUT2D eigenvalue weighted by Crippen LogP contribution is -2.13. The van der Waals surface area contributed by atoms with Crippen molar-refractivity contribution in [2.75, 3.05) is 6.54 Å². The molecule has 1 N–H and O–H groups in total. The first-order chi connectivity index (χ1) is 10.2. The van der Waals surface area contributed by atoms with Crippen LogP contribution in [-0.4, -0.2) is 16.5 Å². The Labute approximate surface area is 126 Å². The van der Waals surface area contributed by atoms with E-state index in [1.807, 2.05) is 37.4 Å². The molecule has 21 heavy (non-hydrogen) atoms. The molecule has 4 nitrogen and oxygen atoms in total. The van der Waals surface area contributed by atoms with E-state index in [0.717, 1.165) is 48.6 Å². The summed E-state index contributed by atoms with van der Waals surface area (Å²) >= 11 is 0. The zero-order valence-electron chi connectivity index (χ0n) is 13.0. The first kappa shape index (κ1) is 15.4. The predicted octanol–water partition coefficient (Wildman–Crippen LogP) is 3.64. The minimum Gasteiger partial charge on any atom is -0.437 e. The molecule has 4 heteroatoms. The second kappa shape index (κ2) is 7.74. The normalized spacial score (nSPS) is 10.6. The van der Waals surface area contributed by atoms with E-state index in [2.05, 4.69) is 29.1 Å². The maximum Gasteiger partial charge on any atom is 0.219 e. The average Bonchev–Trinajstić information content (AvgIpc) is 2.51. The lowest BCUT2D eigenvalue weighted by molar-refractivity contribution is 0.453. The lowest BCUT2D eigenvalue weighted by Gasteiger charge is -2.10. The molecular formula is C17H23N3O. The van der Waals surface area contributed by atoms with E-state index in [4.69, 9.17) is 4.74 Å². The van der Waals surface area contributed by atoms with Crippen LogP contribution in [0.25, 0.3) is 0 Å². The molecule has 0 radical (unpaired) electrons. The highest BCUT2D eigenvalue weighted by molar-refractivity contribution is 5.33. The fraction of sp³-hybridized carbons (Fsp3) is 0.412. The number of aryl methyl sites for hydroxylation is 2. The summed E-state index contributed by atoms with van der Waals surface area (Å²) in [5, 5.41) is 3.35. The zero-order valence-corrected chi connectivity index (χ0v) is 13.0. The van der Waals surface area contributed by atoms with E-state index >= 15 is 0 Å². The number of aromatic nitrogens is 2. The number of nitrogens with zero attached hydrogens (tertiary/aromatic N) is 2. The van der Waals surface area contributed by atoms with E-state index in [0.29, 0.717) is 5.88 Å².